The molecule has 0 aromatic heterocycles. The van der Waals surface area contributed by atoms with E-state index in [-0.39, 0.29) is 6.03 Å². The summed E-state index contributed by atoms with van der Waals surface area (Å²) in [5, 5.41) is 5.90. The number of allylic oxidation sites excluding steroid dienone is 1. The number of ether oxygens (including phenoxy) is 1. The van der Waals surface area contributed by atoms with Crippen LogP contribution in [0.4, 0.5) is 4.79 Å². The Labute approximate surface area is 133 Å². The van der Waals surface area contributed by atoms with Crippen LogP contribution in [0, 0.1) is 0 Å². The number of rotatable bonds is 8. The number of carbonyl (C=O) groups excluding carboxylic acids is 1. The minimum atomic E-state index is -0.442. The van der Waals surface area contributed by atoms with Crippen LogP contribution >= 0.6 is 0 Å². The van der Waals surface area contributed by atoms with Gasteiger partial charge in [0.1, 0.15) is 0 Å². The zero-order valence-electron chi connectivity index (χ0n) is 14.2. The van der Waals surface area contributed by atoms with E-state index >= 15 is 0 Å². The maximum Gasteiger partial charge on any atom is 0.315 e. The zero-order chi connectivity index (χ0) is 16.6. The Balaban J connectivity index is 2.57. The summed E-state index contributed by atoms with van der Waals surface area (Å²) in [6, 6.07) is 7.96. The van der Waals surface area contributed by atoms with Crippen LogP contribution in [0.2, 0.25) is 0 Å². The lowest BCUT2D eigenvalue weighted by atomic mass is 9.92. The highest BCUT2D eigenvalue weighted by Gasteiger charge is 2.22. The van der Waals surface area contributed by atoms with Gasteiger partial charge in [-0.25, -0.2) is 4.79 Å². The van der Waals surface area contributed by atoms with Gasteiger partial charge in [0.05, 0.1) is 5.54 Å². The lowest BCUT2D eigenvalue weighted by molar-refractivity contribution is 0.192. The van der Waals surface area contributed by atoms with Crippen molar-refractivity contribution in [1.82, 2.24) is 10.6 Å². The van der Waals surface area contributed by atoms with Gasteiger partial charge < -0.3 is 15.4 Å². The summed E-state index contributed by atoms with van der Waals surface area (Å²) in [6.45, 7) is 11.3. The molecule has 0 radical (unpaired) electrons. The molecule has 0 fully saturated rings. The van der Waals surface area contributed by atoms with E-state index in [1.807, 2.05) is 39.0 Å². The second-order valence-electron chi connectivity index (χ2n) is 6.07. The van der Waals surface area contributed by atoms with Crippen LogP contribution in [-0.4, -0.2) is 26.3 Å². The molecule has 0 aliphatic carbocycles. The average molecular weight is 304 g/mol. The van der Waals surface area contributed by atoms with Gasteiger partial charge in [-0.2, -0.15) is 0 Å². The first kappa shape index (κ1) is 18.2. The fourth-order valence-electron chi connectivity index (χ4n) is 2.15. The maximum absolute atomic E-state index is 12.0. The molecule has 0 aliphatic rings. The van der Waals surface area contributed by atoms with Crippen molar-refractivity contribution in [3.8, 4) is 0 Å². The summed E-state index contributed by atoms with van der Waals surface area (Å²) in [6.07, 6.45) is 1.85. The van der Waals surface area contributed by atoms with Crippen LogP contribution in [0.15, 0.2) is 30.8 Å². The molecule has 2 amide bonds. The van der Waals surface area contributed by atoms with Crippen molar-refractivity contribution < 1.29 is 9.53 Å². The molecule has 2 N–H and O–H groups in total. The van der Waals surface area contributed by atoms with Crippen LogP contribution in [-0.2, 0) is 10.3 Å². The van der Waals surface area contributed by atoms with Gasteiger partial charge in [-0.15, -0.1) is 0 Å². The van der Waals surface area contributed by atoms with Crippen molar-refractivity contribution >= 4 is 11.6 Å². The van der Waals surface area contributed by atoms with Gasteiger partial charge in [-0.3, -0.25) is 0 Å². The van der Waals surface area contributed by atoms with E-state index in [2.05, 4.69) is 23.3 Å². The van der Waals surface area contributed by atoms with Crippen molar-refractivity contribution in [3.05, 3.63) is 42.0 Å². The largest absolute Gasteiger partial charge is 0.385 e. The molecule has 122 valence electrons. The lowest BCUT2D eigenvalue weighted by Crippen LogP contribution is -2.46. The number of hydrogen-bond donors (Lipinski definition) is 2. The minimum absolute atomic E-state index is 0.150. The molecule has 1 aromatic carbocycles. The molecule has 0 aliphatic heterocycles. The van der Waals surface area contributed by atoms with Gasteiger partial charge in [0.15, 0.2) is 0 Å². The molecule has 0 heterocycles. The zero-order valence-corrected chi connectivity index (χ0v) is 14.2. The fraction of sp³-hybridized carbons (Fsp3) is 0.500. The number of methoxy groups -OCH3 is 1. The van der Waals surface area contributed by atoms with E-state index in [0.29, 0.717) is 6.54 Å². The third kappa shape index (κ3) is 5.90. The molecular formula is C18H28N2O2. The third-order valence-electron chi connectivity index (χ3n) is 3.56. The summed E-state index contributed by atoms with van der Waals surface area (Å²) in [5.74, 6) is 0. The van der Waals surface area contributed by atoms with Crippen molar-refractivity contribution in [3.63, 3.8) is 0 Å². The summed E-state index contributed by atoms with van der Waals surface area (Å²) >= 11 is 0. The normalized spacial score (nSPS) is 11.1. The second-order valence-corrected chi connectivity index (χ2v) is 6.07. The molecular weight excluding hydrogens is 276 g/mol. The second kappa shape index (κ2) is 8.59. The van der Waals surface area contributed by atoms with Crippen molar-refractivity contribution in [2.75, 3.05) is 20.3 Å². The molecule has 0 bridgehead atoms. The molecule has 0 saturated heterocycles. The van der Waals surface area contributed by atoms with Crippen LogP contribution in [0.3, 0.4) is 0 Å². The van der Waals surface area contributed by atoms with Gasteiger partial charge in [0, 0.05) is 20.3 Å². The Morgan fingerprint density at radius 1 is 1.32 bits per heavy atom. The molecule has 1 aromatic rings. The monoisotopic (exact) mass is 304 g/mol. The molecule has 4 heteroatoms. The van der Waals surface area contributed by atoms with Crippen LogP contribution in [0.5, 0.6) is 0 Å². The van der Waals surface area contributed by atoms with Crippen molar-refractivity contribution in [2.45, 2.75) is 39.2 Å². The van der Waals surface area contributed by atoms with E-state index in [9.17, 15) is 4.79 Å². The van der Waals surface area contributed by atoms with Gasteiger partial charge in [0.2, 0.25) is 0 Å². The molecule has 1 rings (SSSR count). The molecule has 0 atom stereocenters. The van der Waals surface area contributed by atoms with Gasteiger partial charge >= 0.3 is 6.03 Å². The fourth-order valence-corrected chi connectivity index (χ4v) is 2.15. The first-order chi connectivity index (χ1) is 10.4. The predicted molar refractivity (Wildman–Crippen MR) is 91.8 cm³/mol. The van der Waals surface area contributed by atoms with Crippen LogP contribution in [0.25, 0.3) is 5.57 Å². The topological polar surface area (TPSA) is 50.4 Å². The molecule has 4 nitrogen and oxygen atoms in total. The Bertz CT molecular complexity index is 510. The lowest BCUT2D eigenvalue weighted by Gasteiger charge is -2.27. The van der Waals surface area contributed by atoms with E-state index in [1.54, 1.807) is 7.11 Å². The van der Waals surface area contributed by atoms with E-state index in [4.69, 9.17) is 4.74 Å². The highest BCUT2D eigenvalue weighted by molar-refractivity contribution is 5.75. The quantitative estimate of drug-likeness (QED) is 0.720. The maximum atomic E-state index is 12.0. The number of hydrogen-bond acceptors (Lipinski definition) is 2. The summed E-state index contributed by atoms with van der Waals surface area (Å²) in [4.78, 5) is 12.0. The number of amides is 2. The van der Waals surface area contributed by atoms with Crippen molar-refractivity contribution in [2.24, 2.45) is 0 Å². The van der Waals surface area contributed by atoms with Crippen LogP contribution in [0.1, 0.15) is 44.7 Å². The number of urea groups is 1. The van der Waals surface area contributed by atoms with Crippen LogP contribution < -0.4 is 10.6 Å². The van der Waals surface area contributed by atoms with E-state index in [1.165, 1.54) is 0 Å². The minimum Gasteiger partial charge on any atom is -0.385 e. The van der Waals surface area contributed by atoms with Gasteiger partial charge in [-0.05, 0) is 50.8 Å². The Morgan fingerprint density at radius 3 is 2.68 bits per heavy atom. The Morgan fingerprint density at radius 2 is 2.05 bits per heavy atom. The first-order valence-corrected chi connectivity index (χ1v) is 7.68. The summed E-state index contributed by atoms with van der Waals surface area (Å²) < 4.78 is 4.98. The Kier molecular flexibility index (Phi) is 7.12. The number of benzene rings is 1. The van der Waals surface area contributed by atoms with E-state index < -0.39 is 5.54 Å². The Hall–Kier alpha value is -1.81. The molecule has 0 spiro atoms. The standard InChI is InChI=1S/C18H28N2O2/c1-14(2)15-9-8-10-16(13-15)18(3,4)20-17(21)19-11-6-7-12-22-5/h8-10,13H,1,6-7,11-12H2,2-5H3,(H2,19,20,21). The number of nitrogens with one attached hydrogen (secondary N) is 2. The summed E-state index contributed by atoms with van der Waals surface area (Å²) in [7, 11) is 1.68. The highest BCUT2D eigenvalue weighted by Crippen LogP contribution is 2.23. The predicted octanol–water partition coefficient (Wildman–Crippen LogP) is 3.68. The summed E-state index contributed by atoms with van der Waals surface area (Å²) in [5.41, 5.74) is 2.72. The third-order valence-corrected chi connectivity index (χ3v) is 3.56. The number of carbonyl (C=O) groups is 1. The average Bonchev–Trinajstić information content (AvgIpc) is 2.46. The smallest absolute Gasteiger partial charge is 0.315 e. The highest BCUT2D eigenvalue weighted by atomic mass is 16.5. The van der Waals surface area contributed by atoms with Gasteiger partial charge in [-0.1, -0.05) is 30.4 Å². The first-order valence-electron chi connectivity index (χ1n) is 7.68. The number of unbranched alkanes of at least 4 members (excludes halogenated alkanes) is 1. The molecule has 22 heavy (non-hydrogen) atoms. The van der Waals surface area contributed by atoms with E-state index in [0.717, 1.165) is 36.1 Å². The SMILES string of the molecule is C=C(C)c1cccc(C(C)(C)NC(=O)NCCCCOC)c1. The molecule has 0 unspecified atom stereocenters. The molecule has 0 saturated carbocycles. The van der Waals surface area contributed by atoms with Gasteiger partial charge in [0.25, 0.3) is 0 Å². The van der Waals surface area contributed by atoms with Crippen molar-refractivity contribution in [1.29, 1.82) is 0 Å².